The molecule has 0 aliphatic carbocycles. The van der Waals surface area contributed by atoms with Crippen LogP contribution >= 0.6 is 0 Å². The second-order valence-corrected chi connectivity index (χ2v) is 8.86. The summed E-state index contributed by atoms with van der Waals surface area (Å²) in [5.74, 6) is -0.478. The summed E-state index contributed by atoms with van der Waals surface area (Å²) in [6, 6.07) is 12.6. The van der Waals surface area contributed by atoms with Crippen molar-refractivity contribution in [2.75, 3.05) is 31.6 Å². The van der Waals surface area contributed by atoms with E-state index in [2.05, 4.69) is 5.32 Å². The Morgan fingerprint density at radius 2 is 1.64 bits per heavy atom. The number of sulfone groups is 1. The van der Waals surface area contributed by atoms with Crippen LogP contribution in [0.25, 0.3) is 5.70 Å². The molecule has 2 aromatic rings. The molecule has 0 bridgehead atoms. The number of fused-ring (bicyclic) bond motifs is 1. The van der Waals surface area contributed by atoms with Crippen molar-refractivity contribution in [3.63, 3.8) is 0 Å². The number of aryl methyl sites for hydroxylation is 2. The Balaban J connectivity index is 1.88. The molecule has 0 aromatic heterocycles. The fourth-order valence-corrected chi connectivity index (χ4v) is 5.39. The number of amides is 1. The van der Waals surface area contributed by atoms with E-state index in [0.29, 0.717) is 37.6 Å². The third kappa shape index (κ3) is 3.00. The van der Waals surface area contributed by atoms with Crippen LogP contribution in [0.1, 0.15) is 16.7 Å². The molecule has 1 amide bonds. The predicted octanol–water partition coefficient (Wildman–Crippen LogP) is 2.73. The van der Waals surface area contributed by atoms with Crippen molar-refractivity contribution in [3.8, 4) is 0 Å². The second-order valence-electron chi connectivity index (χ2n) is 7.00. The quantitative estimate of drug-likeness (QED) is 0.860. The van der Waals surface area contributed by atoms with E-state index in [0.717, 1.165) is 16.8 Å². The first kappa shape index (κ1) is 18.7. The van der Waals surface area contributed by atoms with Crippen LogP contribution in [0.3, 0.4) is 0 Å². The number of ether oxygens (including phenoxy) is 1. The molecule has 2 heterocycles. The molecule has 0 unspecified atom stereocenters. The zero-order valence-corrected chi connectivity index (χ0v) is 16.7. The average molecular weight is 398 g/mol. The number of benzene rings is 2. The van der Waals surface area contributed by atoms with Crippen molar-refractivity contribution in [3.05, 3.63) is 64.1 Å². The summed E-state index contributed by atoms with van der Waals surface area (Å²) in [4.78, 5) is 14.8. The minimum atomic E-state index is -3.90. The van der Waals surface area contributed by atoms with Crippen molar-refractivity contribution < 1.29 is 17.9 Å². The maximum Gasteiger partial charge on any atom is 0.268 e. The van der Waals surface area contributed by atoms with Crippen LogP contribution in [0.15, 0.2) is 52.3 Å². The highest BCUT2D eigenvalue weighted by atomic mass is 32.2. The van der Waals surface area contributed by atoms with Crippen LogP contribution in [0.2, 0.25) is 0 Å². The van der Waals surface area contributed by atoms with E-state index in [9.17, 15) is 13.2 Å². The highest BCUT2D eigenvalue weighted by Gasteiger charge is 2.42. The lowest BCUT2D eigenvalue weighted by Gasteiger charge is -2.27. The molecule has 0 saturated carbocycles. The monoisotopic (exact) mass is 398 g/mol. The van der Waals surface area contributed by atoms with Crippen molar-refractivity contribution in [2.45, 2.75) is 18.7 Å². The van der Waals surface area contributed by atoms with Crippen LogP contribution in [-0.2, 0) is 19.4 Å². The van der Waals surface area contributed by atoms with Gasteiger partial charge in [-0.25, -0.2) is 8.42 Å². The fourth-order valence-electron chi connectivity index (χ4n) is 3.67. The number of rotatable bonds is 3. The van der Waals surface area contributed by atoms with Gasteiger partial charge in [0.25, 0.3) is 5.91 Å². The van der Waals surface area contributed by atoms with Gasteiger partial charge in [-0.05, 0) is 31.0 Å². The van der Waals surface area contributed by atoms with Crippen LogP contribution in [0, 0.1) is 13.8 Å². The normalized spacial score (nSPS) is 18.1. The molecule has 2 aromatic carbocycles. The van der Waals surface area contributed by atoms with Crippen LogP contribution in [0.5, 0.6) is 0 Å². The number of para-hydroxylation sites is 1. The Morgan fingerprint density at radius 3 is 2.32 bits per heavy atom. The number of nitrogens with zero attached hydrogens (tertiary/aromatic N) is 1. The fraction of sp³-hybridized carbons (Fsp3) is 0.286. The van der Waals surface area contributed by atoms with Crippen LogP contribution < -0.4 is 5.32 Å². The third-order valence-corrected chi connectivity index (χ3v) is 7.02. The Kier molecular flexibility index (Phi) is 4.72. The largest absolute Gasteiger partial charge is 0.378 e. The van der Waals surface area contributed by atoms with Crippen molar-refractivity contribution >= 4 is 27.1 Å². The first-order valence-electron chi connectivity index (χ1n) is 9.20. The highest BCUT2D eigenvalue weighted by Crippen LogP contribution is 2.41. The van der Waals surface area contributed by atoms with E-state index in [1.807, 2.05) is 32.0 Å². The predicted molar refractivity (Wildman–Crippen MR) is 107 cm³/mol. The summed E-state index contributed by atoms with van der Waals surface area (Å²) >= 11 is 0. The smallest absolute Gasteiger partial charge is 0.268 e. The maximum atomic E-state index is 13.3. The van der Waals surface area contributed by atoms with Gasteiger partial charge in [-0.15, -0.1) is 0 Å². The summed E-state index contributed by atoms with van der Waals surface area (Å²) in [5, 5.41) is 3.28. The Bertz CT molecular complexity index is 1060. The van der Waals surface area contributed by atoms with E-state index in [1.54, 1.807) is 29.2 Å². The lowest BCUT2D eigenvalue weighted by Crippen LogP contribution is -2.42. The molecule has 1 N–H and O–H groups in total. The first-order valence-corrected chi connectivity index (χ1v) is 10.7. The molecule has 0 spiro atoms. The molecular formula is C21H22N2O4S. The van der Waals surface area contributed by atoms with Crippen molar-refractivity contribution in [2.24, 2.45) is 0 Å². The van der Waals surface area contributed by atoms with E-state index in [1.165, 1.54) is 0 Å². The molecular weight excluding hydrogens is 376 g/mol. The molecule has 4 rings (SSSR count). The zero-order valence-electron chi connectivity index (χ0n) is 15.9. The molecule has 2 aliphatic rings. The van der Waals surface area contributed by atoms with Gasteiger partial charge >= 0.3 is 0 Å². The van der Waals surface area contributed by atoms with Gasteiger partial charge in [-0.2, -0.15) is 0 Å². The lowest BCUT2D eigenvalue weighted by molar-refractivity contribution is -0.130. The number of hydrogen-bond donors (Lipinski definition) is 1. The van der Waals surface area contributed by atoms with E-state index in [-0.39, 0.29) is 9.80 Å². The summed E-state index contributed by atoms with van der Waals surface area (Å²) in [6.07, 6.45) is 0. The molecule has 6 nitrogen and oxygen atoms in total. The number of carbonyl (C=O) groups is 1. The number of hydrogen-bond acceptors (Lipinski definition) is 5. The number of morpholine rings is 1. The lowest BCUT2D eigenvalue weighted by atomic mass is 10.1. The molecule has 1 saturated heterocycles. The summed E-state index contributed by atoms with van der Waals surface area (Å²) in [7, 11) is -3.90. The van der Waals surface area contributed by atoms with E-state index >= 15 is 0 Å². The summed E-state index contributed by atoms with van der Waals surface area (Å²) in [6.45, 7) is 5.48. The molecule has 2 aliphatic heterocycles. The van der Waals surface area contributed by atoms with Gasteiger partial charge < -0.3 is 15.0 Å². The standard InChI is InChI=1S/C21H22N2O4S/c1-14-6-5-7-15(2)18(14)22-19-16-8-3-4-9-17(16)28(25,26)20(19)21(24)23-10-12-27-13-11-23/h3-9,22H,10-13H2,1-2H3. The van der Waals surface area contributed by atoms with Crippen LogP contribution in [0.4, 0.5) is 5.69 Å². The van der Waals surface area contributed by atoms with Gasteiger partial charge in [-0.3, -0.25) is 4.79 Å². The summed E-state index contributed by atoms with van der Waals surface area (Å²) < 4.78 is 31.8. The molecule has 1 fully saturated rings. The number of carbonyl (C=O) groups excluding carboxylic acids is 1. The van der Waals surface area contributed by atoms with Crippen molar-refractivity contribution in [1.82, 2.24) is 4.90 Å². The molecule has 146 valence electrons. The average Bonchev–Trinajstić information content (AvgIpc) is 2.92. The molecule has 0 atom stereocenters. The minimum Gasteiger partial charge on any atom is -0.378 e. The van der Waals surface area contributed by atoms with Gasteiger partial charge in [0.1, 0.15) is 0 Å². The Morgan fingerprint density at radius 1 is 1.00 bits per heavy atom. The number of anilines is 1. The summed E-state index contributed by atoms with van der Waals surface area (Å²) in [5.41, 5.74) is 3.66. The molecule has 0 radical (unpaired) electrons. The third-order valence-electron chi connectivity index (χ3n) is 5.17. The highest BCUT2D eigenvalue weighted by molar-refractivity contribution is 7.97. The van der Waals surface area contributed by atoms with Gasteiger partial charge in [0.15, 0.2) is 4.91 Å². The van der Waals surface area contributed by atoms with E-state index < -0.39 is 15.7 Å². The Hall–Kier alpha value is -2.64. The first-order chi connectivity index (χ1) is 13.4. The van der Waals surface area contributed by atoms with Gasteiger partial charge in [0.05, 0.1) is 23.8 Å². The van der Waals surface area contributed by atoms with Crippen molar-refractivity contribution in [1.29, 1.82) is 0 Å². The van der Waals surface area contributed by atoms with Gasteiger partial charge in [-0.1, -0.05) is 36.4 Å². The molecule has 7 heteroatoms. The zero-order chi connectivity index (χ0) is 19.9. The number of nitrogens with one attached hydrogen (secondary N) is 1. The Labute approximate surface area is 164 Å². The van der Waals surface area contributed by atoms with E-state index in [4.69, 9.17) is 4.74 Å². The van der Waals surface area contributed by atoms with Crippen LogP contribution in [-0.4, -0.2) is 45.5 Å². The maximum absolute atomic E-state index is 13.3. The minimum absolute atomic E-state index is 0.167. The second kappa shape index (κ2) is 7.07. The molecule has 28 heavy (non-hydrogen) atoms. The van der Waals surface area contributed by atoms with Gasteiger partial charge in [0.2, 0.25) is 9.84 Å². The topological polar surface area (TPSA) is 75.7 Å². The van der Waals surface area contributed by atoms with Gasteiger partial charge in [0, 0.05) is 24.3 Å². The SMILES string of the molecule is Cc1cccc(C)c1NC1=C(C(=O)N2CCOCC2)S(=O)(=O)c2ccccc21.